The number of nitrogens with two attached hydrogens (primary N) is 1. The lowest BCUT2D eigenvalue weighted by molar-refractivity contribution is -0.138. The second-order valence-electron chi connectivity index (χ2n) is 7.22. The van der Waals surface area contributed by atoms with Crippen LogP contribution in [0.15, 0.2) is 54.0 Å². The van der Waals surface area contributed by atoms with Gasteiger partial charge < -0.3 is 5.73 Å². The highest BCUT2D eigenvalue weighted by atomic mass is 19.4. The van der Waals surface area contributed by atoms with E-state index in [0.29, 0.717) is 23.1 Å². The van der Waals surface area contributed by atoms with Gasteiger partial charge in [0.25, 0.3) is 5.91 Å². The zero-order valence-electron chi connectivity index (χ0n) is 16.9. The van der Waals surface area contributed by atoms with Gasteiger partial charge in [0.1, 0.15) is 11.6 Å². The van der Waals surface area contributed by atoms with Gasteiger partial charge in [-0.15, -0.1) is 0 Å². The molecule has 3 aromatic rings. The van der Waals surface area contributed by atoms with Crippen LogP contribution in [-0.4, -0.2) is 38.8 Å². The molecule has 1 atom stereocenters. The van der Waals surface area contributed by atoms with Crippen LogP contribution in [-0.2, 0) is 16.5 Å². The summed E-state index contributed by atoms with van der Waals surface area (Å²) < 4.78 is 55.2. The Hall–Kier alpha value is -3.89. The van der Waals surface area contributed by atoms with E-state index >= 15 is 4.39 Å². The van der Waals surface area contributed by atoms with E-state index in [1.165, 1.54) is 31.6 Å². The van der Waals surface area contributed by atoms with E-state index in [1.54, 1.807) is 6.92 Å². The molecule has 1 aromatic carbocycles. The van der Waals surface area contributed by atoms with Crippen molar-refractivity contribution in [1.82, 2.24) is 19.9 Å². The van der Waals surface area contributed by atoms with Crippen molar-refractivity contribution >= 4 is 11.9 Å². The molecule has 164 valence electrons. The number of halogens is 4. The zero-order chi connectivity index (χ0) is 23.3. The van der Waals surface area contributed by atoms with Gasteiger partial charge in [-0.1, -0.05) is 6.07 Å². The van der Waals surface area contributed by atoms with Gasteiger partial charge in [0.2, 0.25) is 0 Å². The number of rotatable bonds is 3. The molecule has 0 saturated heterocycles. The first kappa shape index (κ1) is 21.3. The molecule has 11 heteroatoms. The molecule has 1 aliphatic heterocycles. The first-order valence-electron chi connectivity index (χ1n) is 9.29. The van der Waals surface area contributed by atoms with Crippen LogP contribution in [0, 0.1) is 12.7 Å². The van der Waals surface area contributed by atoms with Gasteiger partial charge in [0.05, 0.1) is 5.56 Å². The van der Waals surface area contributed by atoms with Gasteiger partial charge in [0, 0.05) is 48.5 Å². The maximum Gasteiger partial charge on any atom is 0.417 e. The number of benzene rings is 1. The van der Waals surface area contributed by atoms with Gasteiger partial charge in [-0.3, -0.25) is 14.7 Å². The van der Waals surface area contributed by atoms with Gasteiger partial charge >= 0.3 is 6.18 Å². The van der Waals surface area contributed by atoms with Gasteiger partial charge in [-0.25, -0.2) is 19.4 Å². The number of nitrogens with zero attached hydrogens (tertiary/aromatic N) is 5. The van der Waals surface area contributed by atoms with Crippen LogP contribution in [0.25, 0.3) is 11.1 Å². The van der Waals surface area contributed by atoms with Crippen LogP contribution < -0.4 is 5.73 Å². The van der Waals surface area contributed by atoms with Crippen LogP contribution in [0.4, 0.5) is 17.6 Å². The summed E-state index contributed by atoms with van der Waals surface area (Å²) in [4.78, 5) is 30.2. The zero-order valence-corrected chi connectivity index (χ0v) is 16.9. The third-order valence-corrected chi connectivity index (χ3v) is 5.19. The number of carbonyl (C=O) groups is 1. The minimum absolute atomic E-state index is 0.263. The molecule has 1 amide bonds. The van der Waals surface area contributed by atoms with Crippen LogP contribution >= 0.6 is 0 Å². The molecule has 7 nitrogen and oxygen atoms in total. The fraction of sp³-hybridized carbons (Fsp3) is 0.190. The summed E-state index contributed by atoms with van der Waals surface area (Å²) in [5.41, 5.74) is 2.97. The molecule has 0 aliphatic carbocycles. The molecule has 0 saturated carbocycles. The number of aryl methyl sites for hydroxylation is 1. The first-order chi connectivity index (χ1) is 15.0. The summed E-state index contributed by atoms with van der Waals surface area (Å²) in [6.07, 6.45) is -0.0448. The molecule has 0 bridgehead atoms. The number of carbonyl (C=O) groups excluding carboxylic acids is 1. The molecule has 3 heterocycles. The van der Waals surface area contributed by atoms with Crippen LogP contribution in [0.5, 0.6) is 0 Å². The second-order valence-corrected chi connectivity index (χ2v) is 7.22. The van der Waals surface area contributed by atoms with Crippen LogP contribution in [0.3, 0.4) is 0 Å². The molecular formula is C21H16F4N6O. The first-order valence-corrected chi connectivity index (χ1v) is 9.29. The predicted octanol–water partition coefficient (Wildman–Crippen LogP) is 3.04. The van der Waals surface area contributed by atoms with Gasteiger partial charge in [0.15, 0.2) is 11.5 Å². The molecule has 0 fully saturated rings. The molecule has 1 aliphatic rings. The Bertz CT molecular complexity index is 1240. The van der Waals surface area contributed by atoms with Crippen molar-refractivity contribution < 1.29 is 22.4 Å². The molecule has 1 unspecified atom stereocenters. The second kappa shape index (κ2) is 7.36. The lowest BCUT2D eigenvalue weighted by Gasteiger charge is -2.27. The molecule has 2 N–H and O–H groups in total. The van der Waals surface area contributed by atoms with Crippen LogP contribution in [0.1, 0.15) is 22.5 Å². The number of pyridine rings is 1. The van der Waals surface area contributed by atoms with Gasteiger partial charge in [-0.05, 0) is 30.7 Å². The minimum Gasteiger partial charge on any atom is -0.369 e. The topological polar surface area (TPSA) is 97.4 Å². The summed E-state index contributed by atoms with van der Waals surface area (Å²) in [5, 5.41) is 0. The summed E-state index contributed by atoms with van der Waals surface area (Å²) in [6.45, 7) is 1.69. The predicted molar refractivity (Wildman–Crippen MR) is 107 cm³/mol. The number of likely N-dealkylation sites (N-methyl/N-ethyl adjacent to an activating group) is 1. The minimum atomic E-state index is -4.73. The van der Waals surface area contributed by atoms with E-state index in [1.807, 2.05) is 0 Å². The summed E-state index contributed by atoms with van der Waals surface area (Å²) >= 11 is 0. The maximum atomic E-state index is 15.1. The van der Waals surface area contributed by atoms with Crippen molar-refractivity contribution in [2.24, 2.45) is 10.7 Å². The number of alkyl halides is 3. The Kier molecular flexibility index (Phi) is 4.91. The summed E-state index contributed by atoms with van der Waals surface area (Å²) in [6, 6.07) is 4.60. The van der Waals surface area contributed by atoms with Crippen molar-refractivity contribution in [3.63, 3.8) is 0 Å². The maximum absolute atomic E-state index is 15.1. The van der Waals surface area contributed by atoms with Gasteiger partial charge in [-0.2, -0.15) is 13.2 Å². The molecular weight excluding hydrogens is 428 g/mol. The molecule has 4 rings (SSSR count). The fourth-order valence-corrected chi connectivity index (χ4v) is 3.48. The summed E-state index contributed by atoms with van der Waals surface area (Å²) in [5.74, 6) is -1.41. The highest BCUT2D eigenvalue weighted by molar-refractivity contribution is 6.09. The number of amides is 1. The highest BCUT2D eigenvalue weighted by Gasteiger charge is 2.52. The Labute approximate surface area is 179 Å². The van der Waals surface area contributed by atoms with Crippen LogP contribution in [0.2, 0.25) is 0 Å². The average molecular weight is 444 g/mol. The smallest absolute Gasteiger partial charge is 0.369 e. The number of guanidine groups is 1. The Morgan fingerprint density at radius 1 is 1.03 bits per heavy atom. The lowest BCUT2D eigenvalue weighted by Crippen LogP contribution is -2.41. The SMILES string of the molecule is Cc1ncc(-c2ccc(F)c(C3(c4cncc(C(F)(F)F)c4)N=C(N)N(C)C3=O)c2)cn1. The Morgan fingerprint density at radius 3 is 2.31 bits per heavy atom. The third kappa shape index (κ3) is 3.35. The van der Waals surface area contributed by atoms with Crippen molar-refractivity contribution in [3.8, 4) is 11.1 Å². The quantitative estimate of drug-likeness (QED) is 0.627. The number of aliphatic imine (C=N–C) groups is 1. The van der Waals surface area contributed by atoms with Crippen molar-refractivity contribution in [3.05, 3.63) is 77.4 Å². The van der Waals surface area contributed by atoms with E-state index in [2.05, 4.69) is 19.9 Å². The Balaban J connectivity index is 1.99. The molecule has 0 spiro atoms. The van der Waals surface area contributed by atoms with Crippen molar-refractivity contribution in [2.45, 2.75) is 18.6 Å². The Morgan fingerprint density at radius 2 is 1.72 bits per heavy atom. The van der Waals surface area contributed by atoms with Crippen molar-refractivity contribution in [1.29, 1.82) is 0 Å². The average Bonchev–Trinajstić information content (AvgIpc) is 2.99. The molecule has 32 heavy (non-hydrogen) atoms. The standard InChI is InChI=1S/C21H16F4N6O/c1-11-28-7-13(8-29-11)12-3-4-17(22)16(5-12)20(18(32)31(2)19(26)30-20)14-6-15(10-27-9-14)21(23,24)25/h3-10H,1-2H3,(H2,26,30). The summed E-state index contributed by atoms with van der Waals surface area (Å²) in [7, 11) is 1.31. The third-order valence-electron chi connectivity index (χ3n) is 5.19. The van der Waals surface area contributed by atoms with E-state index < -0.39 is 29.0 Å². The van der Waals surface area contributed by atoms with E-state index in [4.69, 9.17) is 5.73 Å². The normalized spacial score (nSPS) is 18.8. The van der Waals surface area contributed by atoms with E-state index in [9.17, 15) is 18.0 Å². The van der Waals surface area contributed by atoms with E-state index in [-0.39, 0.29) is 17.1 Å². The fourth-order valence-electron chi connectivity index (χ4n) is 3.48. The van der Waals surface area contributed by atoms with Crippen molar-refractivity contribution in [2.75, 3.05) is 7.05 Å². The lowest BCUT2D eigenvalue weighted by atomic mass is 9.81. The number of aromatic nitrogens is 3. The molecule has 2 aromatic heterocycles. The molecule has 0 radical (unpaired) electrons. The van der Waals surface area contributed by atoms with E-state index in [0.717, 1.165) is 23.2 Å². The highest BCUT2D eigenvalue weighted by Crippen LogP contribution is 2.43. The monoisotopic (exact) mass is 444 g/mol. The largest absolute Gasteiger partial charge is 0.417 e. The number of hydrogen-bond donors (Lipinski definition) is 1. The number of hydrogen-bond acceptors (Lipinski definition) is 6.